The Morgan fingerprint density at radius 1 is 0.824 bits per heavy atom. The first-order chi connectivity index (χ1) is 7.27. The normalized spacial score (nSPS) is 15.6. The molecule has 0 bridgehead atoms. The number of hydrogen-bond acceptors (Lipinski definition) is 1. The van der Waals surface area contributed by atoms with Crippen molar-refractivity contribution in [1.29, 1.82) is 0 Å². The minimum Gasteiger partial charge on any atom is -0.333 e. The molecule has 0 spiro atoms. The van der Waals surface area contributed by atoms with Crippen LogP contribution in [0.25, 0.3) is 0 Å². The lowest BCUT2D eigenvalue weighted by molar-refractivity contribution is -0.295. The average Bonchev–Trinajstić information content (AvgIpc) is 2.13. The highest BCUT2D eigenvalue weighted by molar-refractivity contribution is 5.09. The van der Waals surface area contributed by atoms with Crippen LogP contribution in [0.5, 0.6) is 0 Å². The molecule has 17 heavy (non-hydrogen) atoms. The second-order valence-electron chi connectivity index (χ2n) is 2.96. The number of aliphatic hydroxyl groups is 1. The van der Waals surface area contributed by atoms with Crippen LogP contribution in [0.4, 0.5) is 39.5 Å². The lowest BCUT2D eigenvalue weighted by Crippen LogP contribution is -2.54. The van der Waals surface area contributed by atoms with Crippen molar-refractivity contribution in [3.05, 3.63) is 12.2 Å². The van der Waals surface area contributed by atoms with Crippen LogP contribution in [-0.2, 0) is 0 Å². The quantitative estimate of drug-likeness (QED) is 0.604. The fourth-order valence-corrected chi connectivity index (χ4v) is 0.637. The van der Waals surface area contributed by atoms with Crippen LogP contribution in [0.3, 0.4) is 0 Å². The summed E-state index contributed by atoms with van der Waals surface area (Å²) in [4.78, 5) is 0. The van der Waals surface area contributed by atoms with Crippen molar-refractivity contribution in [3.63, 3.8) is 0 Å². The molecule has 0 aromatic carbocycles. The molecule has 0 saturated heterocycles. The number of alkyl halides is 9. The van der Waals surface area contributed by atoms with Crippen molar-refractivity contribution in [2.24, 2.45) is 0 Å². The van der Waals surface area contributed by atoms with E-state index < -0.39 is 42.7 Å². The second kappa shape index (κ2) is 4.39. The van der Waals surface area contributed by atoms with Crippen molar-refractivity contribution < 1.29 is 44.6 Å². The van der Waals surface area contributed by atoms with Gasteiger partial charge in [-0.1, -0.05) is 0 Å². The van der Waals surface area contributed by atoms with Gasteiger partial charge in [0.2, 0.25) is 0 Å². The van der Waals surface area contributed by atoms with E-state index in [9.17, 15) is 39.5 Å². The molecule has 0 atom stereocenters. The summed E-state index contributed by atoms with van der Waals surface area (Å²) in [5.41, 5.74) is 0. The van der Waals surface area contributed by atoms with E-state index in [0.717, 1.165) is 0 Å². The van der Waals surface area contributed by atoms with Crippen LogP contribution >= 0.6 is 0 Å². The highest BCUT2D eigenvalue weighted by Gasteiger charge is 2.70. The Kier molecular flexibility index (Phi) is 4.15. The first kappa shape index (κ1) is 16.1. The fraction of sp³-hybridized carbons (Fsp3) is 0.714. The molecule has 0 aliphatic carbocycles. The van der Waals surface area contributed by atoms with Gasteiger partial charge in [0.15, 0.2) is 6.67 Å². The van der Waals surface area contributed by atoms with Gasteiger partial charge in [0.05, 0.1) is 0 Å². The molecule has 0 unspecified atom stereocenters. The maximum atomic E-state index is 12.5. The molecule has 0 heterocycles. The second-order valence-corrected chi connectivity index (χ2v) is 2.96. The van der Waals surface area contributed by atoms with E-state index in [1.807, 2.05) is 0 Å². The molecule has 1 nitrogen and oxygen atoms in total. The average molecular weight is 276 g/mol. The van der Waals surface area contributed by atoms with E-state index in [0.29, 0.717) is 0 Å². The molecule has 0 amide bonds. The first-order valence-corrected chi connectivity index (χ1v) is 3.77. The Hall–Kier alpha value is -0.930. The van der Waals surface area contributed by atoms with E-state index in [4.69, 9.17) is 5.11 Å². The lowest BCUT2D eigenvalue weighted by Gasteiger charge is -2.29. The molecule has 10 heteroatoms. The summed E-state index contributed by atoms with van der Waals surface area (Å²) in [6.45, 7) is -3.10. The van der Waals surface area contributed by atoms with Crippen molar-refractivity contribution in [2.75, 3.05) is 6.67 Å². The van der Waals surface area contributed by atoms with Gasteiger partial charge in [0, 0.05) is 6.08 Å². The zero-order chi connectivity index (χ0) is 14.1. The SMILES string of the molecule is OC(F)(F)C=CC(F)(F)C(F)(F)C(F)(F)CF. The lowest BCUT2D eigenvalue weighted by atomic mass is 10.1. The molecule has 1 N–H and O–H groups in total. The van der Waals surface area contributed by atoms with Gasteiger partial charge in [0.25, 0.3) is 0 Å². The molecule has 0 radical (unpaired) electrons. The van der Waals surface area contributed by atoms with Crippen molar-refractivity contribution in [3.8, 4) is 0 Å². The largest absolute Gasteiger partial charge is 0.378 e. The van der Waals surface area contributed by atoms with Gasteiger partial charge < -0.3 is 5.11 Å². The zero-order valence-electron chi connectivity index (χ0n) is 7.71. The molecule has 0 saturated carbocycles. The number of halogens is 9. The van der Waals surface area contributed by atoms with Crippen molar-refractivity contribution >= 4 is 0 Å². The fourth-order valence-electron chi connectivity index (χ4n) is 0.637. The van der Waals surface area contributed by atoms with E-state index in [2.05, 4.69) is 0 Å². The summed E-state index contributed by atoms with van der Waals surface area (Å²) in [5.74, 6) is -17.7. The molecule has 0 aromatic rings. The van der Waals surface area contributed by atoms with Gasteiger partial charge in [-0.25, -0.2) is 4.39 Å². The first-order valence-electron chi connectivity index (χ1n) is 3.77. The predicted octanol–water partition coefficient (Wildman–Crippen LogP) is 3.00. The van der Waals surface area contributed by atoms with E-state index >= 15 is 0 Å². The van der Waals surface area contributed by atoms with Gasteiger partial charge >= 0.3 is 23.9 Å². The number of hydrogen-bond donors (Lipinski definition) is 1. The third-order valence-corrected chi connectivity index (χ3v) is 1.54. The highest BCUT2D eigenvalue weighted by atomic mass is 19.3. The maximum Gasteiger partial charge on any atom is 0.378 e. The maximum absolute atomic E-state index is 12.5. The summed E-state index contributed by atoms with van der Waals surface area (Å²) >= 11 is 0. The molecule has 0 aliphatic rings. The molecular formula is C7H5F9O. The van der Waals surface area contributed by atoms with Crippen molar-refractivity contribution in [2.45, 2.75) is 23.9 Å². The van der Waals surface area contributed by atoms with Gasteiger partial charge in [0.1, 0.15) is 0 Å². The number of allylic oxidation sites excluding steroid dienone is 1. The van der Waals surface area contributed by atoms with Crippen LogP contribution in [0.15, 0.2) is 12.2 Å². The van der Waals surface area contributed by atoms with Gasteiger partial charge in [-0.3, -0.25) is 0 Å². The monoisotopic (exact) mass is 276 g/mol. The van der Waals surface area contributed by atoms with Gasteiger partial charge in [-0.2, -0.15) is 35.1 Å². The Labute approximate surface area is 88.5 Å². The Bertz CT molecular complexity index is 290. The minimum atomic E-state index is -6.21. The molecule has 0 fully saturated rings. The van der Waals surface area contributed by atoms with E-state index in [1.165, 1.54) is 0 Å². The summed E-state index contributed by atoms with van der Waals surface area (Å²) in [6.07, 6.45) is -7.30. The van der Waals surface area contributed by atoms with Crippen LogP contribution in [0.1, 0.15) is 0 Å². The summed E-state index contributed by atoms with van der Waals surface area (Å²) < 4.78 is 109. The standard InChI is InChI=1S/C7H5F9O/c8-3-5(11,12)7(15,16)4(9,10)1-2-6(13,14)17/h1-2,17H,3H2. The molecule has 102 valence electrons. The summed E-state index contributed by atoms with van der Waals surface area (Å²) in [6, 6.07) is 0. The summed E-state index contributed by atoms with van der Waals surface area (Å²) in [5, 5.41) is 7.65. The topological polar surface area (TPSA) is 20.2 Å². The van der Waals surface area contributed by atoms with Crippen LogP contribution < -0.4 is 0 Å². The predicted molar refractivity (Wildman–Crippen MR) is 37.1 cm³/mol. The molecule has 0 aromatic heterocycles. The third kappa shape index (κ3) is 3.51. The van der Waals surface area contributed by atoms with Crippen molar-refractivity contribution in [1.82, 2.24) is 0 Å². The van der Waals surface area contributed by atoms with E-state index in [-0.39, 0.29) is 0 Å². The molecule has 0 rings (SSSR count). The van der Waals surface area contributed by atoms with Gasteiger partial charge in [-0.15, -0.1) is 0 Å². The summed E-state index contributed by atoms with van der Waals surface area (Å²) in [7, 11) is 0. The number of rotatable bonds is 5. The Morgan fingerprint density at radius 3 is 1.53 bits per heavy atom. The third-order valence-electron chi connectivity index (χ3n) is 1.54. The Balaban J connectivity index is 5.25. The van der Waals surface area contributed by atoms with Crippen LogP contribution in [0, 0.1) is 0 Å². The molecular weight excluding hydrogens is 271 g/mol. The Morgan fingerprint density at radius 2 is 1.24 bits per heavy atom. The molecule has 0 aliphatic heterocycles. The smallest absolute Gasteiger partial charge is 0.333 e. The van der Waals surface area contributed by atoms with Gasteiger partial charge in [-0.05, 0) is 6.08 Å². The minimum absolute atomic E-state index is 1.10. The zero-order valence-corrected chi connectivity index (χ0v) is 7.71. The highest BCUT2D eigenvalue weighted by Crippen LogP contribution is 2.46. The van der Waals surface area contributed by atoms with E-state index in [1.54, 1.807) is 0 Å². The van der Waals surface area contributed by atoms with Crippen LogP contribution in [0.2, 0.25) is 0 Å². The van der Waals surface area contributed by atoms with Crippen LogP contribution in [-0.4, -0.2) is 35.7 Å².